The first-order chi connectivity index (χ1) is 10.2. The first-order valence-corrected chi connectivity index (χ1v) is 8.51. The zero-order valence-corrected chi connectivity index (χ0v) is 13.0. The molecule has 4 nitrogen and oxygen atoms in total. The zero-order valence-electron chi connectivity index (χ0n) is 12.2. The molecule has 1 heterocycles. The molecule has 0 aromatic heterocycles. The molecule has 1 aliphatic heterocycles. The molecule has 2 atom stereocenters. The minimum Gasteiger partial charge on any atom is -0.329 e. The summed E-state index contributed by atoms with van der Waals surface area (Å²) in [7, 11) is -4.24. The van der Waals surface area contributed by atoms with Crippen LogP contribution in [0.1, 0.15) is 25.3 Å². The van der Waals surface area contributed by atoms with Gasteiger partial charge in [0.1, 0.15) is 0 Å². The maximum absolute atomic E-state index is 13.1. The Morgan fingerprint density at radius 2 is 1.95 bits per heavy atom. The molecular formula is C14H19F3N2O2S. The highest BCUT2D eigenvalue weighted by atomic mass is 32.2. The fraction of sp³-hybridized carbons (Fsp3) is 0.571. The Bertz CT molecular complexity index is 631. The summed E-state index contributed by atoms with van der Waals surface area (Å²) in [5.74, 6) is 0.0200. The highest BCUT2D eigenvalue weighted by molar-refractivity contribution is 7.89. The Kier molecular flexibility index (Phi) is 4.84. The number of nitrogens with zero attached hydrogens (tertiary/aromatic N) is 1. The Labute approximate surface area is 128 Å². The van der Waals surface area contributed by atoms with Crippen molar-refractivity contribution in [3.63, 3.8) is 0 Å². The number of alkyl halides is 3. The molecule has 1 fully saturated rings. The third kappa shape index (κ3) is 3.13. The average molecular weight is 336 g/mol. The number of sulfonamides is 1. The molecular weight excluding hydrogens is 317 g/mol. The fourth-order valence-corrected chi connectivity index (χ4v) is 4.90. The van der Waals surface area contributed by atoms with Crippen LogP contribution in [0, 0.1) is 5.92 Å². The van der Waals surface area contributed by atoms with Crippen LogP contribution in [-0.4, -0.2) is 31.9 Å². The van der Waals surface area contributed by atoms with Crippen LogP contribution in [0.4, 0.5) is 13.2 Å². The van der Waals surface area contributed by atoms with Crippen LogP contribution in [-0.2, 0) is 16.2 Å². The topological polar surface area (TPSA) is 63.4 Å². The Hall–Kier alpha value is -1.12. The molecule has 124 valence electrons. The van der Waals surface area contributed by atoms with Crippen molar-refractivity contribution in [2.75, 3.05) is 13.1 Å². The molecule has 0 aliphatic carbocycles. The van der Waals surface area contributed by atoms with Gasteiger partial charge in [0.25, 0.3) is 0 Å². The third-order valence-electron chi connectivity index (χ3n) is 4.09. The largest absolute Gasteiger partial charge is 0.417 e. The SMILES string of the molecule is C[C@@H]1CCCN(S(=O)(=O)c2ccccc2C(F)(F)F)[C@H]1CN. The number of piperidine rings is 1. The summed E-state index contributed by atoms with van der Waals surface area (Å²) in [6, 6.07) is 3.80. The Morgan fingerprint density at radius 3 is 2.55 bits per heavy atom. The second-order valence-corrected chi connectivity index (χ2v) is 7.39. The van der Waals surface area contributed by atoms with E-state index >= 15 is 0 Å². The molecule has 8 heteroatoms. The van der Waals surface area contributed by atoms with Crippen LogP contribution < -0.4 is 5.73 Å². The monoisotopic (exact) mass is 336 g/mol. The molecule has 1 aromatic carbocycles. The Morgan fingerprint density at radius 1 is 1.32 bits per heavy atom. The van der Waals surface area contributed by atoms with E-state index in [4.69, 9.17) is 5.73 Å². The van der Waals surface area contributed by atoms with Gasteiger partial charge >= 0.3 is 6.18 Å². The van der Waals surface area contributed by atoms with Crippen molar-refractivity contribution in [1.29, 1.82) is 0 Å². The van der Waals surface area contributed by atoms with Crippen molar-refractivity contribution in [3.8, 4) is 0 Å². The van der Waals surface area contributed by atoms with E-state index in [-0.39, 0.29) is 19.0 Å². The van der Waals surface area contributed by atoms with Crippen molar-refractivity contribution in [1.82, 2.24) is 4.31 Å². The molecule has 0 radical (unpaired) electrons. The van der Waals surface area contributed by atoms with E-state index in [0.717, 1.165) is 22.9 Å². The molecule has 2 rings (SSSR count). The lowest BCUT2D eigenvalue weighted by atomic mass is 9.93. The molecule has 0 spiro atoms. The minimum absolute atomic E-state index is 0.0200. The molecule has 1 saturated heterocycles. The van der Waals surface area contributed by atoms with Gasteiger partial charge in [-0.3, -0.25) is 0 Å². The normalized spacial score (nSPS) is 24.4. The number of hydrogen-bond acceptors (Lipinski definition) is 3. The average Bonchev–Trinajstić information content (AvgIpc) is 2.46. The highest BCUT2D eigenvalue weighted by Crippen LogP contribution is 2.37. The van der Waals surface area contributed by atoms with Crippen LogP contribution in [0.2, 0.25) is 0 Å². The number of halogens is 3. The first-order valence-electron chi connectivity index (χ1n) is 7.07. The number of nitrogens with two attached hydrogens (primary N) is 1. The fourth-order valence-electron chi connectivity index (χ4n) is 2.91. The lowest BCUT2D eigenvalue weighted by Crippen LogP contribution is -2.51. The summed E-state index contributed by atoms with van der Waals surface area (Å²) in [4.78, 5) is -0.699. The summed E-state index contributed by atoms with van der Waals surface area (Å²) in [6.45, 7) is 2.16. The molecule has 2 N–H and O–H groups in total. The molecule has 0 bridgehead atoms. The molecule has 0 saturated carbocycles. The van der Waals surface area contributed by atoms with E-state index in [1.165, 1.54) is 12.1 Å². The van der Waals surface area contributed by atoms with Gasteiger partial charge < -0.3 is 5.73 Å². The van der Waals surface area contributed by atoms with Gasteiger partial charge in [-0.1, -0.05) is 19.1 Å². The van der Waals surface area contributed by atoms with Crippen molar-refractivity contribution in [3.05, 3.63) is 29.8 Å². The summed E-state index contributed by atoms with van der Waals surface area (Å²) in [5, 5.41) is 0. The summed E-state index contributed by atoms with van der Waals surface area (Å²) < 4.78 is 65.9. The number of hydrogen-bond donors (Lipinski definition) is 1. The second kappa shape index (κ2) is 6.17. The van der Waals surface area contributed by atoms with Crippen molar-refractivity contribution >= 4 is 10.0 Å². The van der Waals surface area contributed by atoms with Gasteiger partial charge in [-0.25, -0.2) is 8.42 Å². The standard InChI is InChI=1S/C14H19F3N2O2S/c1-10-5-4-8-19(12(10)9-18)22(20,21)13-7-3-2-6-11(13)14(15,16)17/h2-3,6-7,10,12H,4-5,8-9,18H2,1H3/t10-,12+/m1/s1. The summed E-state index contributed by atoms with van der Waals surface area (Å²) in [6.07, 6.45) is -3.29. The van der Waals surface area contributed by atoms with Gasteiger partial charge in [-0.2, -0.15) is 17.5 Å². The maximum Gasteiger partial charge on any atom is 0.417 e. The summed E-state index contributed by atoms with van der Waals surface area (Å²) in [5.41, 5.74) is 4.52. The van der Waals surface area contributed by atoms with Gasteiger partial charge in [0, 0.05) is 19.1 Å². The van der Waals surface area contributed by atoms with Crippen molar-refractivity contribution < 1.29 is 21.6 Å². The maximum atomic E-state index is 13.1. The zero-order chi connectivity index (χ0) is 16.5. The predicted molar refractivity (Wildman–Crippen MR) is 76.6 cm³/mol. The van der Waals surface area contributed by atoms with Gasteiger partial charge in [0.2, 0.25) is 10.0 Å². The van der Waals surface area contributed by atoms with Crippen LogP contribution in [0.25, 0.3) is 0 Å². The van der Waals surface area contributed by atoms with E-state index < -0.39 is 32.7 Å². The molecule has 22 heavy (non-hydrogen) atoms. The van der Waals surface area contributed by atoms with Crippen LogP contribution in [0.15, 0.2) is 29.2 Å². The van der Waals surface area contributed by atoms with E-state index in [0.29, 0.717) is 6.42 Å². The molecule has 1 aliphatic rings. The summed E-state index contributed by atoms with van der Waals surface area (Å²) >= 11 is 0. The lowest BCUT2D eigenvalue weighted by Gasteiger charge is -2.38. The van der Waals surface area contributed by atoms with Crippen LogP contribution >= 0.6 is 0 Å². The minimum atomic E-state index is -4.72. The Balaban J connectivity index is 2.51. The number of rotatable bonds is 3. The third-order valence-corrected chi connectivity index (χ3v) is 6.07. The van der Waals surface area contributed by atoms with Gasteiger partial charge in [-0.05, 0) is 30.9 Å². The molecule has 0 unspecified atom stereocenters. The highest BCUT2D eigenvalue weighted by Gasteiger charge is 2.42. The van der Waals surface area contributed by atoms with E-state index in [1.54, 1.807) is 0 Å². The quantitative estimate of drug-likeness (QED) is 0.922. The predicted octanol–water partition coefficient (Wildman–Crippen LogP) is 2.45. The first kappa shape index (κ1) is 17.2. The van der Waals surface area contributed by atoms with E-state index in [9.17, 15) is 21.6 Å². The smallest absolute Gasteiger partial charge is 0.329 e. The van der Waals surface area contributed by atoms with E-state index in [2.05, 4.69) is 0 Å². The van der Waals surface area contributed by atoms with Crippen LogP contribution in [0.5, 0.6) is 0 Å². The molecule has 1 aromatic rings. The van der Waals surface area contributed by atoms with Gasteiger partial charge in [-0.15, -0.1) is 0 Å². The van der Waals surface area contributed by atoms with Gasteiger partial charge in [0.05, 0.1) is 10.5 Å². The second-order valence-electron chi connectivity index (χ2n) is 5.53. The van der Waals surface area contributed by atoms with Crippen molar-refractivity contribution in [2.45, 2.75) is 36.9 Å². The molecule has 0 amide bonds. The van der Waals surface area contributed by atoms with Gasteiger partial charge in [0.15, 0.2) is 0 Å². The van der Waals surface area contributed by atoms with Crippen LogP contribution in [0.3, 0.4) is 0 Å². The van der Waals surface area contributed by atoms with E-state index in [1.807, 2.05) is 6.92 Å². The number of benzene rings is 1. The lowest BCUT2D eigenvalue weighted by molar-refractivity contribution is -0.139. The van der Waals surface area contributed by atoms with Crippen molar-refractivity contribution in [2.24, 2.45) is 11.7 Å².